The number of nitriles is 1. The third-order valence-electron chi connectivity index (χ3n) is 2.64. The summed E-state index contributed by atoms with van der Waals surface area (Å²) in [6.07, 6.45) is 2.23. The molecule has 2 aromatic carbocycles. The van der Waals surface area contributed by atoms with Crippen LogP contribution in [0.4, 0.5) is 5.69 Å². The van der Waals surface area contributed by atoms with Crippen molar-refractivity contribution in [3.63, 3.8) is 0 Å². The summed E-state index contributed by atoms with van der Waals surface area (Å²) in [6, 6.07) is 16.9. The summed E-state index contributed by atoms with van der Waals surface area (Å²) in [5, 5.41) is 8.72. The van der Waals surface area contributed by atoms with E-state index in [4.69, 9.17) is 5.26 Å². The number of para-hydroxylation sites is 1. The van der Waals surface area contributed by atoms with Crippen molar-refractivity contribution in [1.82, 2.24) is 0 Å². The van der Waals surface area contributed by atoms with Crippen LogP contribution in [0, 0.1) is 11.3 Å². The van der Waals surface area contributed by atoms with Crippen molar-refractivity contribution in [3.8, 4) is 6.07 Å². The predicted octanol–water partition coefficient (Wildman–Crippen LogP) is 3.12. The lowest BCUT2D eigenvalue weighted by Gasteiger charge is -2.04. The van der Waals surface area contributed by atoms with E-state index in [2.05, 4.69) is 11.1 Å². The van der Waals surface area contributed by atoms with Gasteiger partial charge in [-0.2, -0.15) is 10.3 Å². The lowest BCUT2D eigenvalue weighted by atomic mass is 10.0. The fourth-order valence-electron chi connectivity index (χ4n) is 1.74. The molecule has 0 atom stereocenters. The van der Waals surface area contributed by atoms with Crippen LogP contribution in [-0.4, -0.2) is 6.08 Å². The van der Waals surface area contributed by atoms with Gasteiger partial charge in [0.05, 0.1) is 17.3 Å². The maximum absolute atomic E-state index is 10.3. The van der Waals surface area contributed by atoms with Gasteiger partial charge in [-0.3, -0.25) is 0 Å². The molecule has 0 aliphatic carbocycles. The first-order chi connectivity index (χ1) is 8.83. The normalized spacial score (nSPS) is 9.28. The number of hydrogen-bond donors (Lipinski definition) is 0. The first-order valence-corrected chi connectivity index (χ1v) is 5.48. The summed E-state index contributed by atoms with van der Waals surface area (Å²) in [5.74, 6) is 0. The molecule has 18 heavy (non-hydrogen) atoms. The van der Waals surface area contributed by atoms with Gasteiger partial charge in [0, 0.05) is 0 Å². The Kier molecular flexibility index (Phi) is 3.66. The molecular formula is C15H10N2O. The monoisotopic (exact) mass is 234 g/mol. The Morgan fingerprint density at radius 1 is 1.06 bits per heavy atom. The number of rotatable bonds is 3. The average molecular weight is 234 g/mol. The molecule has 0 aromatic heterocycles. The smallest absolute Gasteiger partial charge is 0.211 e. The summed E-state index contributed by atoms with van der Waals surface area (Å²) >= 11 is 0. The summed E-state index contributed by atoms with van der Waals surface area (Å²) < 4.78 is 0. The highest BCUT2D eigenvalue weighted by molar-refractivity contribution is 5.54. The fourth-order valence-corrected chi connectivity index (χ4v) is 1.74. The van der Waals surface area contributed by atoms with E-state index in [9.17, 15) is 4.79 Å². The van der Waals surface area contributed by atoms with Crippen LogP contribution in [0.2, 0.25) is 0 Å². The van der Waals surface area contributed by atoms with Crippen LogP contribution in [0.1, 0.15) is 16.7 Å². The lowest BCUT2D eigenvalue weighted by Crippen LogP contribution is -1.89. The Balaban J connectivity index is 2.28. The van der Waals surface area contributed by atoms with E-state index in [1.807, 2.05) is 30.3 Å². The molecule has 2 aromatic rings. The number of hydrogen-bond acceptors (Lipinski definition) is 3. The van der Waals surface area contributed by atoms with E-state index in [0.29, 0.717) is 17.7 Å². The number of aliphatic imine (C=N–C) groups is 1. The first kappa shape index (κ1) is 11.8. The average Bonchev–Trinajstić information content (AvgIpc) is 2.42. The highest BCUT2D eigenvalue weighted by Gasteiger charge is 2.02. The van der Waals surface area contributed by atoms with Crippen LogP contribution >= 0.6 is 0 Å². The van der Waals surface area contributed by atoms with Gasteiger partial charge in [0.15, 0.2) is 0 Å². The molecule has 86 valence electrons. The molecule has 0 amide bonds. The van der Waals surface area contributed by atoms with Crippen LogP contribution in [-0.2, 0) is 11.2 Å². The number of nitrogens with zero attached hydrogens (tertiary/aromatic N) is 2. The first-order valence-electron chi connectivity index (χ1n) is 5.48. The number of carbonyl (C=O) groups excluding carboxylic acids is 1. The van der Waals surface area contributed by atoms with Crippen LogP contribution in [0.15, 0.2) is 53.5 Å². The number of isocyanates is 1. The van der Waals surface area contributed by atoms with Gasteiger partial charge in [0.25, 0.3) is 0 Å². The second-order valence-corrected chi connectivity index (χ2v) is 3.82. The summed E-state index contributed by atoms with van der Waals surface area (Å²) in [7, 11) is 0. The van der Waals surface area contributed by atoms with Gasteiger partial charge in [-0.25, -0.2) is 4.79 Å². The van der Waals surface area contributed by atoms with Gasteiger partial charge < -0.3 is 0 Å². The van der Waals surface area contributed by atoms with E-state index in [1.165, 1.54) is 0 Å². The molecule has 0 spiro atoms. The Morgan fingerprint density at radius 2 is 1.78 bits per heavy atom. The largest absolute Gasteiger partial charge is 0.240 e. The molecule has 0 saturated carbocycles. The standard InChI is InChI=1S/C15H10N2O/c16-10-13-7-5-12(6-8-13)9-14-3-1-2-4-15(14)17-11-18/h1-8H,9H2. The minimum Gasteiger partial charge on any atom is -0.211 e. The Labute approximate surface area is 105 Å². The van der Waals surface area contributed by atoms with Crippen molar-refractivity contribution in [3.05, 3.63) is 65.2 Å². The molecule has 0 aliphatic heterocycles. The minimum atomic E-state index is 0.636. The van der Waals surface area contributed by atoms with Gasteiger partial charge in [0.2, 0.25) is 6.08 Å². The highest BCUT2D eigenvalue weighted by atomic mass is 16.1. The third kappa shape index (κ3) is 2.70. The van der Waals surface area contributed by atoms with E-state index in [1.54, 1.807) is 24.3 Å². The van der Waals surface area contributed by atoms with Crippen LogP contribution in [0.3, 0.4) is 0 Å². The Bertz CT molecular complexity index is 632. The fraction of sp³-hybridized carbons (Fsp3) is 0.0667. The second kappa shape index (κ2) is 5.58. The van der Waals surface area contributed by atoms with Gasteiger partial charge in [-0.15, -0.1) is 0 Å². The van der Waals surface area contributed by atoms with Crippen molar-refractivity contribution in [2.24, 2.45) is 4.99 Å². The highest BCUT2D eigenvalue weighted by Crippen LogP contribution is 2.21. The van der Waals surface area contributed by atoms with Crippen molar-refractivity contribution < 1.29 is 4.79 Å². The lowest BCUT2D eigenvalue weighted by molar-refractivity contribution is 0.565. The number of benzene rings is 2. The third-order valence-corrected chi connectivity index (χ3v) is 2.64. The molecule has 2 rings (SSSR count). The maximum atomic E-state index is 10.3. The Morgan fingerprint density at radius 3 is 2.44 bits per heavy atom. The summed E-state index contributed by atoms with van der Waals surface area (Å²) in [5.41, 5.74) is 3.31. The van der Waals surface area contributed by atoms with Crippen LogP contribution in [0.5, 0.6) is 0 Å². The van der Waals surface area contributed by atoms with E-state index in [-0.39, 0.29) is 0 Å². The van der Waals surface area contributed by atoms with E-state index >= 15 is 0 Å². The minimum absolute atomic E-state index is 0.636. The van der Waals surface area contributed by atoms with Gasteiger partial charge in [0.1, 0.15) is 0 Å². The zero-order valence-electron chi connectivity index (χ0n) is 9.63. The zero-order chi connectivity index (χ0) is 12.8. The molecule has 0 heterocycles. The van der Waals surface area contributed by atoms with Gasteiger partial charge >= 0.3 is 0 Å². The maximum Gasteiger partial charge on any atom is 0.240 e. The SMILES string of the molecule is N#Cc1ccc(Cc2ccccc2N=C=O)cc1. The molecule has 0 aliphatic rings. The molecule has 0 saturated heterocycles. The second-order valence-electron chi connectivity index (χ2n) is 3.82. The summed E-state index contributed by atoms with van der Waals surface area (Å²) in [6.45, 7) is 0. The van der Waals surface area contributed by atoms with Crippen molar-refractivity contribution in [2.75, 3.05) is 0 Å². The van der Waals surface area contributed by atoms with Crippen molar-refractivity contribution >= 4 is 11.8 Å². The van der Waals surface area contributed by atoms with Crippen molar-refractivity contribution in [1.29, 1.82) is 5.26 Å². The molecule has 0 bridgehead atoms. The molecular weight excluding hydrogens is 224 g/mol. The van der Waals surface area contributed by atoms with Crippen molar-refractivity contribution in [2.45, 2.75) is 6.42 Å². The zero-order valence-corrected chi connectivity index (χ0v) is 9.63. The topological polar surface area (TPSA) is 53.2 Å². The molecule has 3 heteroatoms. The van der Waals surface area contributed by atoms with Gasteiger partial charge in [-0.1, -0.05) is 30.3 Å². The predicted molar refractivity (Wildman–Crippen MR) is 68.2 cm³/mol. The van der Waals surface area contributed by atoms with Crippen LogP contribution in [0.25, 0.3) is 0 Å². The molecule has 0 fully saturated rings. The van der Waals surface area contributed by atoms with E-state index in [0.717, 1.165) is 11.1 Å². The molecule has 0 radical (unpaired) electrons. The molecule has 0 unspecified atom stereocenters. The van der Waals surface area contributed by atoms with E-state index < -0.39 is 0 Å². The van der Waals surface area contributed by atoms with Crippen LogP contribution < -0.4 is 0 Å². The Hall–Kier alpha value is -2.69. The summed E-state index contributed by atoms with van der Waals surface area (Å²) in [4.78, 5) is 14.0. The quantitative estimate of drug-likeness (QED) is 0.605. The van der Waals surface area contributed by atoms with Gasteiger partial charge in [-0.05, 0) is 35.7 Å². The molecule has 3 nitrogen and oxygen atoms in total. The molecule has 0 N–H and O–H groups in total.